The minimum atomic E-state index is -0.964. The van der Waals surface area contributed by atoms with E-state index in [2.05, 4.69) is 25.9 Å². The first-order chi connectivity index (χ1) is 9.02. The van der Waals surface area contributed by atoms with Crippen molar-refractivity contribution >= 4 is 27.5 Å². The van der Waals surface area contributed by atoms with Crippen LogP contribution >= 0.6 is 27.5 Å². The van der Waals surface area contributed by atoms with E-state index in [1.54, 1.807) is 0 Å². The van der Waals surface area contributed by atoms with Crippen LogP contribution in [0.15, 0.2) is 22.7 Å². The van der Waals surface area contributed by atoms with Gasteiger partial charge >= 0.3 is 0 Å². The van der Waals surface area contributed by atoms with Gasteiger partial charge in [0.2, 0.25) is 0 Å². The fraction of sp³-hybridized carbons (Fsp3) is 0.167. The average molecular weight is 350 g/mol. The fourth-order valence-corrected chi connectivity index (χ4v) is 1.94. The number of hydrogen-bond acceptors (Lipinski definition) is 3. The van der Waals surface area contributed by atoms with Crippen LogP contribution in [-0.4, -0.2) is 17.1 Å². The monoisotopic (exact) mass is 348 g/mol. The Balaban J connectivity index is 2.52. The Kier molecular flexibility index (Phi) is 4.44. The van der Waals surface area contributed by atoms with Crippen LogP contribution < -0.4 is 0 Å². The lowest BCUT2D eigenvalue weighted by Crippen LogP contribution is -2.00. The van der Waals surface area contributed by atoms with E-state index in [1.165, 1.54) is 13.2 Å². The highest BCUT2D eigenvalue weighted by Crippen LogP contribution is 2.27. The van der Waals surface area contributed by atoms with Gasteiger partial charge in [-0.05, 0) is 34.1 Å². The molecule has 0 atom stereocenters. The first kappa shape index (κ1) is 14.3. The third-order valence-electron chi connectivity index (χ3n) is 2.34. The normalized spacial score (nSPS) is 10.8. The van der Waals surface area contributed by atoms with Crippen LogP contribution in [0.4, 0.5) is 8.78 Å². The highest BCUT2D eigenvalue weighted by Gasteiger charge is 2.13. The topological polar surface area (TPSA) is 35.0 Å². The largest absolute Gasteiger partial charge is 0.378 e. The van der Waals surface area contributed by atoms with Gasteiger partial charge in [-0.1, -0.05) is 11.6 Å². The zero-order valence-corrected chi connectivity index (χ0v) is 12.1. The summed E-state index contributed by atoms with van der Waals surface area (Å²) in [4.78, 5) is 8.23. The molecule has 0 bridgehead atoms. The average Bonchev–Trinajstić information content (AvgIpc) is 2.38. The Morgan fingerprint density at radius 3 is 2.63 bits per heavy atom. The summed E-state index contributed by atoms with van der Waals surface area (Å²) >= 11 is 9.20. The summed E-state index contributed by atoms with van der Waals surface area (Å²) in [5.41, 5.74) is 0.868. The van der Waals surface area contributed by atoms with E-state index >= 15 is 0 Å². The first-order valence-corrected chi connectivity index (χ1v) is 6.36. The molecule has 100 valence electrons. The maximum Gasteiger partial charge on any atom is 0.161 e. The van der Waals surface area contributed by atoms with Crippen molar-refractivity contribution < 1.29 is 13.5 Å². The molecule has 0 N–H and O–H groups in total. The van der Waals surface area contributed by atoms with Gasteiger partial charge in [0.15, 0.2) is 17.5 Å². The van der Waals surface area contributed by atoms with Gasteiger partial charge in [0.25, 0.3) is 0 Å². The Morgan fingerprint density at radius 2 is 2.00 bits per heavy atom. The molecule has 0 saturated carbocycles. The molecular formula is C12H8BrClF2N2O. The lowest BCUT2D eigenvalue weighted by Gasteiger charge is -2.07. The van der Waals surface area contributed by atoms with Crippen molar-refractivity contribution in [2.75, 3.05) is 7.11 Å². The quantitative estimate of drug-likeness (QED) is 0.786. The number of hydrogen-bond donors (Lipinski definition) is 0. The number of rotatable bonds is 3. The highest BCUT2D eigenvalue weighted by atomic mass is 79.9. The second-order valence-corrected chi connectivity index (χ2v) is 4.81. The number of halogens is 4. The summed E-state index contributed by atoms with van der Waals surface area (Å²) in [6.07, 6.45) is 0. The SMILES string of the molecule is COCc1nc(-c2ccc(F)c(F)c2)nc(Cl)c1Br. The fourth-order valence-electron chi connectivity index (χ4n) is 1.46. The number of aromatic nitrogens is 2. The van der Waals surface area contributed by atoms with Crippen molar-refractivity contribution in [1.82, 2.24) is 9.97 Å². The van der Waals surface area contributed by atoms with Crippen LogP contribution in [0.25, 0.3) is 11.4 Å². The molecule has 0 fully saturated rings. The van der Waals surface area contributed by atoms with E-state index in [1.807, 2.05) is 0 Å². The Hall–Kier alpha value is -1.11. The molecule has 1 heterocycles. The van der Waals surface area contributed by atoms with Gasteiger partial charge in [-0.2, -0.15) is 0 Å². The van der Waals surface area contributed by atoms with E-state index in [4.69, 9.17) is 16.3 Å². The second-order valence-electron chi connectivity index (χ2n) is 3.66. The predicted octanol–water partition coefficient (Wildman–Crippen LogP) is 3.98. The minimum Gasteiger partial charge on any atom is -0.378 e. The smallest absolute Gasteiger partial charge is 0.161 e. The van der Waals surface area contributed by atoms with Gasteiger partial charge in [0, 0.05) is 12.7 Å². The van der Waals surface area contributed by atoms with Gasteiger partial charge < -0.3 is 4.74 Å². The molecule has 0 aliphatic carbocycles. The molecule has 7 heteroatoms. The Morgan fingerprint density at radius 1 is 1.26 bits per heavy atom. The maximum atomic E-state index is 13.2. The van der Waals surface area contributed by atoms with Crippen molar-refractivity contribution in [3.63, 3.8) is 0 Å². The molecule has 2 aromatic rings. The molecular weight excluding hydrogens is 341 g/mol. The molecule has 0 amide bonds. The third-order valence-corrected chi connectivity index (χ3v) is 3.67. The standard InChI is InChI=1S/C12H8BrClF2N2O/c1-19-5-9-10(13)11(14)18-12(17-9)6-2-3-7(15)8(16)4-6/h2-4H,5H2,1H3. The number of ether oxygens (including phenoxy) is 1. The van der Waals surface area contributed by atoms with E-state index < -0.39 is 11.6 Å². The van der Waals surface area contributed by atoms with Crippen LogP contribution in [0.3, 0.4) is 0 Å². The van der Waals surface area contributed by atoms with E-state index in [0.717, 1.165) is 12.1 Å². The van der Waals surface area contributed by atoms with Gasteiger partial charge in [0.1, 0.15) is 5.15 Å². The summed E-state index contributed by atoms with van der Waals surface area (Å²) in [6.45, 7) is 0.222. The summed E-state index contributed by atoms with van der Waals surface area (Å²) in [6, 6.07) is 3.42. The van der Waals surface area contributed by atoms with E-state index in [0.29, 0.717) is 15.7 Å². The minimum absolute atomic E-state index is 0.182. The lowest BCUT2D eigenvalue weighted by atomic mass is 10.2. The van der Waals surface area contributed by atoms with Crippen molar-refractivity contribution in [3.05, 3.63) is 45.2 Å². The highest BCUT2D eigenvalue weighted by molar-refractivity contribution is 9.10. The van der Waals surface area contributed by atoms with Gasteiger partial charge in [-0.3, -0.25) is 0 Å². The van der Waals surface area contributed by atoms with E-state index in [-0.39, 0.29) is 17.6 Å². The van der Waals surface area contributed by atoms with Crippen LogP contribution in [0.2, 0.25) is 5.15 Å². The second kappa shape index (κ2) is 5.90. The number of benzene rings is 1. The van der Waals surface area contributed by atoms with Crippen LogP contribution in [0, 0.1) is 11.6 Å². The van der Waals surface area contributed by atoms with Gasteiger partial charge in [-0.15, -0.1) is 0 Å². The lowest BCUT2D eigenvalue weighted by molar-refractivity contribution is 0.181. The molecule has 19 heavy (non-hydrogen) atoms. The molecule has 1 aromatic carbocycles. The molecule has 0 aliphatic rings. The molecule has 3 nitrogen and oxygen atoms in total. The summed E-state index contributed by atoms with van der Waals surface area (Å²) in [5, 5.41) is 0.182. The number of methoxy groups -OCH3 is 1. The molecule has 0 unspecified atom stereocenters. The predicted molar refractivity (Wildman–Crippen MR) is 70.8 cm³/mol. The molecule has 0 aliphatic heterocycles. The van der Waals surface area contributed by atoms with Crippen LogP contribution in [0.1, 0.15) is 5.69 Å². The number of nitrogens with zero attached hydrogens (tertiary/aromatic N) is 2. The third kappa shape index (κ3) is 3.08. The van der Waals surface area contributed by atoms with Crippen molar-refractivity contribution in [1.29, 1.82) is 0 Å². The van der Waals surface area contributed by atoms with Crippen molar-refractivity contribution in [2.45, 2.75) is 6.61 Å². The molecule has 1 aromatic heterocycles. The molecule has 2 rings (SSSR count). The Bertz CT molecular complexity index is 625. The Labute approximate surface area is 121 Å². The zero-order valence-electron chi connectivity index (χ0n) is 9.75. The van der Waals surface area contributed by atoms with Crippen LogP contribution in [-0.2, 0) is 11.3 Å². The summed E-state index contributed by atoms with van der Waals surface area (Å²) in [5.74, 6) is -1.68. The maximum absolute atomic E-state index is 13.2. The first-order valence-electron chi connectivity index (χ1n) is 5.19. The summed E-state index contributed by atoms with van der Waals surface area (Å²) in [7, 11) is 1.51. The zero-order chi connectivity index (χ0) is 14.0. The van der Waals surface area contributed by atoms with E-state index in [9.17, 15) is 8.78 Å². The molecule has 0 radical (unpaired) electrons. The molecule has 0 spiro atoms. The van der Waals surface area contributed by atoms with Crippen molar-refractivity contribution in [2.24, 2.45) is 0 Å². The molecule has 0 saturated heterocycles. The van der Waals surface area contributed by atoms with Crippen LogP contribution in [0.5, 0.6) is 0 Å². The van der Waals surface area contributed by atoms with Crippen molar-refractivity contribution in [3.8, 4) is 11.4 Å². The summed E-state index contributed by atoms with van der Waals surface area (Å²) < 4.78 is 31.6. The van der Waals surface area contributed by atoms with Gasteiger partial charge in [-0.25, -0.2) is 18.7 Å². The van der Waals surface area contributed by atoms with Gasteiger partial charge in [0.05, 0.1) is 16.8 Å².